The Morgan fingerprint density at radius 1 is 1.29 bits per heavy atom. The summed E-state index contributed by atoms with van der Waals surface area (Å²) in [4.78, 5) is 23.2. The SMILES string of the molecule is COc1ccc([C@]2(C)NC(=O)N(N)C2=O)cc1. The Morgan fingerprint density at radius 2 is 1.88 bits per heavy atom. The third-order valence-corrected chi connectivity index (χ3v) is 2.89. The molecule has 1 saturated heterocycles. The van der Waals surface area contributed by atoms with Crippen LogP contribution in [0.3, 0.4) is 0 Å². The van der Waals surface area contributed by atoms with Crippen LogP contribution in [0.1, 0.15) is 12.5 Å². The number of hydrogen-bond acceptors (Lipinski definition) is 4. The van der Waals surface area contributed by atoms with Crippen LogP contribution in [-0.4, -0.2) is 24.1 Å². The summed E-state index contributed by atoms with van der Waals surface area (Å²) in [7, 11) is 1.56. The van der Waals surface area contributed by atoms with E-state index in [1.54, 1.807) is 38.3 Å². The van der Waals surface area contributed by atoms with E-state index in [9.17, 15) is 9.59 Å². The Bertz CT molecular complexity index is 471. The lowest BCUT2D eigenvalue weighted by Gasteiger charge is -2.21. The molecule has 3 N–H and O–H groups in total. The third-order valence-electron chi connectivity index (χ3n) is 2.89. The van der Waals surface area contributed by atoms with E-state index in [2.05, 4.69) is 5.32 Å². The van der Waals surface area contributed by atoms with E-state index in [0.29, 0.717) is 16.3 Å². The van der Waals surface area contributed by atoms with Gasteiger partial charge in [0.05, 0.1) is 7.11 Å². The number of nitrogens with one attached hydrogen (secondary N) is 1. The van der Waals surface area contributed by atoms with Crippen LogP contribution in [0.2, 0.25) is 0 Å². The summed E-state index contributed by atoms with van der Waals surface area (Å²) in [6.07, 6.45) is 0. The lowest BCUT2D eigenvalue weighted by Crippen LogP contribution is -2.42. The monoisotopic (exact) mass is 235 g/mol. The molecule has 1 atom stereocenters. The van der Waals surface area contributed by atoms with Crippen molar-refractivity contribution in [2.24, 2.45) is 5.84 Å². The predicted molar refractivity (Wildman–Crippen MR) is 59.9 cm³/mol. The number of urea groups is 1. The Hall–Kier alpha value is -2.08. The molecule has 3 amide bonds. The van der Waals surface area contributed by atoms with Gasteiger partial charge in [-0.05, 0) is 24.6 Å². The number of hydrogen-bond donors (Lipinski definition) is 2. The van der Waals surface area contributed by atoms with E-state index in [-0.39, 0.29) is 0 Å². The number of carbonyl (C=O) groups excluding carboxylic acids is 2. The van der Waals surface area contributed by atoms with Gasteiger partial charge < -0.3 is 10.1 Å². The van der Waals surface area contributed by atoms with E-state index >= 15 is 0 Å². The van der Waals surface area contributed by atoms with E-state index in [1.807, 2.05) is 0 Å². The minimum Gasteiger partial charge on any atom is -0.497 e. The number of amides is 3. The molecule has 0 spiro atoms. The summed E-state index contributed by atoms with van der Waals surface area (Å²) in [6, 6.07) is 6.28. The second kappa shape index (κ2) is 3.74. The number of imide groups is 1. The maximum absolute atomic E-state index is 11.9. The molecule has 90 valence electrons. The number of rotatable bonds is 2. The van der Waals surface area contributed by atoms with Gasteiger partial charge in [-0.25, -0.2) is 10.6 Å². The van der Waals surface area contributed by atoms with Crippen molar-refractivity contribution in [1.82, 2.24) is 10.3 Å². The average Bonchev–Trinajstić information content (AvgIpc) is 2.55. The standard InChI is InChI=1S/C11H13N3O3/c1-11(9(15)14(12)10(16)13-11)7-3-5-8(17-2)6-4-7/h3-6H,12H2,1-2H3,(H,13,16)/t11-/m0/s1. The summed E-state index contributed by atoms with van der Waals surface area (Å²) in [5.74, 6) is 5.54. The van der Waals surface area contributed by atoms with Gasteiger partial charge in [0.2, 0.25) is 0 Å². The second-order valence-corrected chi connectivity index (χ2v) is 3.96. The van der Waals surface area contributed by atoms with Crippen LogP contribution in [0, 0.1) is 0 Å². The second-order valence-electron chi connectivity index (χ2n) is 3.96. The molecular weight excluding hydrogens is 222 g/mol. The Morgan fingerprint density at radius 3 is 2.29 bits per heavy atom. The fraction of sp³-hybridized carbons (Fsp3) is 0.273. The zero-order valence-electron chi connectivity index (χ0n) is 9.56. The van der Waals surface area contributed by atoms with Crippen LogP contribution in [0.15, 0.2) is 24.3 Å². The molecule has 0 aromatic heterocycles. The maximum Gasteiger partial charge on any atom is 0.339 e. The van der Waals surface area contributed by atoms with Gasteiger partial charge in [0.25, 0.3) is 5.91 Å². The summed E-state index contributed by atoms with van der Waals surface area (Å²) in [5, 5.41) is 3.14. The fourth-order valence-corrected chi connectivity index (χ4v) is 1.78. The highest BCUT2D eigenvalue weighted by atomic mass is 16.5. The van der Waals surface area contributed by atoms with Crippen molar-refractivity contribution in [2.45, 2.75) is 12.5 Å². The number of ether oxygens (including phenoxy) is 1. The predicted octanol–water partition coefficient (Wildman–Crippen LogP) is 0.336. The molecular formula is C11H13N3O3. The topological polar surface area (TPSA) is 84.7 Å². The molecule has 1 aliphatic rings. The van der Waals surface area contributed by atoms with Crippen LogP contribution >= 0.6 is 0 Å². The van der Waals surface area contributed by atoms with Gasteiger partial charge in [0, 0.05) is 0 Å². The first-order chi connectivity index (χ1) is 7.99. The van der Waals surface area contributed by atoms with Gasteiger partial charge in [0.15, 0.2) is 0 Å². The molecule has 1 aliphatic heterocycles. The number of methoxy groups -OCH3 is 1. The van der Waals surface area contributed by atoms with Crippen molar-refractivity contribution in [1.29, 1.82) is 0 Å². The molecule has 6 nitrogen and oxygen atoms in total. The highest BCUT2D eigenvalue weighted by molar-refractivity contribution is 6.06. The minimum absolute atomic E-state index is 0.479. The molecule has 2 rings (SSSR count). The van der Waals surface area contributed by atoms with Crippen molar-refractivity contribution >= 4 is 11.9 Å². The van der Waals surface area contributed by atoms with Crippen molar-refractivity contribution < 1.29 is 14.3 Å². The molecule has 1 aromatic carbocycles. The Balaban J connectivity index is 2.38. The lowest BCUT2D eigenvalue weighted by atomic mass is 9.92. The summed E-state index contributed by atoms with van der Waals surface area (Å²) < 4.78 is 5.03. The number of benzene rings is 1. The molecule has 0 saturated carbocycles. The summed E-state index contributed by atoms with van der Waals surface area (Å²) in [5.41, 5.74) is -0.456. The van der Waals surface area contributed by atoms with Gasteiger partial charge >= 0.3 is 6.03 Å². The van der Waals surface area contributed by atoms with Crippen molar-refractivity contribution in [2.75, 3.05) is 7.11 Å². The third kappa shape index (κ3) is 1.62. The van der Waals surface area contributed by atoms with Crippen molar-refractivity contribution in [3.05, 3.63) is 29.8 Å². The molecule has 0 unspecified atom stereocenters. The van der Waals surface area contributed by atoms with Gasteiger partial charge in [-0.15, -0.1) is 0 Å². The van der Waals surface area contributed by atoms with Gasteiger partial charge in [0.1, 0.15) is 11.3 Å². The first-order valence-corrected chi connectivity index (χ1v) is 5.05. The molecule has 0 radical (unpaired) electrons. The Kier molecular flexibility index (Phi) is 2.51. The van der Waals surface area contributed by atoms with Crippen LogP contribution < -0.4 is 15.9 Å². The summed E-state index contributed by atoms with van der Waals surface area (Å²) >= 11 is 0. The summed E-state index contributed by atoms with van der Waals surface area (Å²) in [6.45, 7) is 1.61. The van der Waals surface area contributed by atoms with E-state index < -0.39 is 17.5 Å². The molecule has 0 aliphatic carbocycles. The quantitative estimate of drug-likeness (QED) is 0.439. The number of carbonyl (C=O) groups is 2. The van der Waals surface area contributed by atoms with Crippen LogP contribution in [0.4, 0.5) is 4.79 Å². The number of nitrogens with two attached hydrogens (primary N) is 1. The van der Waals surface area contributed by atoms with Crippen molar-refractivity contribution in [3.63, 3.8) is 0 Å². The highest BCUT2D eigenvalue weighted by Gasteiger charge is 2.48. The molecule has 0 bridgehead atoms. The maximum atomic E-state index is 11.9. The van der Waals surface area contributed by atoms with Crippen molar-refractivity contribution in [3.8, 4) is 5.75 Å². The average molecular weight is 235 g/mol. The number of nitrogens with zero attached hydrogens (tertiary/aromatic N) is 1. The van der Waals surface area contributed by atoms with E-state index in [1.165, 1.54) is 0 Å². The Labute approximate surface area is 98.3 Å². The zero-order chi connectivity index (χ0) is 12.6. The first kappa shape index (κ1) is 11.4. The zero-order valence-corrected chi connectivity index (χ0v) is 9.56. The van der Waals surface area contributed by atoms with Crippen LogP contribution in [0.5, 0.6) is 5.75 Å². The lowest BCUT2D eigenvalue weighted by molar-refractivity contribution is -0.131. The first-order valence-electron chi connectivity index (χ1n) is 5.05. The molecule has 1 aromatic rings. The molecule has 17 heavy (non-hydrogen) atoms. The van der Waals surface area contributed by atoms with Gasteiger partial charge in [-0.3, -0.25) is 4.79 Å². The van der Waals surface area contributed by atoms with Crippen LogP contribution in [-0.2, 0) is 10.3 Å². The van der Waals surface area contributed by atoms with Gasteiger partial charge in [-0.2, -0.15) is 5.01 Å². The molecule has 6 heteroatoms. The minimum atomic E-state index is -1.11. The molecule has 1 fully saturated rings. The smallest absolute Gasteiger partial charge is 0.339 e. The highest BCUT2D eigenvalue weighted by Crippen LogP contribution is 2.28. The normalized spacial score (nSPS) is 23.8. The van der Waals surface area contributed by atoms with Gasteiger partial charge in [-0.1, -0.05) is 12.1 Å². The van der Waals surface area contributed by atoms with E-state index in [0.717, 1.165) is 0 Å². The largest absolute Gasteiger partial charge is 0.497 e. The molecule has 1 heterocycles. The van der Waals surface area contributed by atoms with Crippen LogP contribution in [0.25, 0.3) is 0 Å². The fourth-order valence-electron chi connectivity index (χ4n) is 1.78. The number of hydrazine groups is 1. The van der Waals surface area contributed by atoms with E-state index in [4.69, 9.17) is 10.6 Å².